The molecule has 8 heteroatoms. The van der Waals surface area contributed by atoms with Gasteiger partial charge in [-0.1, -0.05) is 0 Å². The molecule has 0 bridgehead atoms. The highest BCUT2D eigenvalue weighted by Gasteiger charge is 2.71. The van der Waals surface area contributed by atoms with Gasteiger partial charge in [0.15, 0.2) is 0 Å². The van der Waals surface area contributed by atoms with E-state index in [9.17, 15) is 17.6 Å². The first-order chi connectivity index (χ1) is 4.66. The van der Waals surface area contributed by atoms with E-state index in [0.717, 1.165) is 0 Å². The van der Waals surface area contributed by atoms with Gasteiger partial charge in [-0.2, -0.15) is 17.6 Å². The Kier molecular flexibility index (Phi) is 2.03. The lowest BCUT2D eigenvalue weighted by atomic mass is 10.6. The molecule has 0 atom stereocenters. The zero-order chi connectivity index (χ0) is 8.91. The Bertz CT molecular complexity index is 164. The molecule has 0 aliphatic carbocycles. The number of ether oxygens (including phenoxy) is 2. The SMILES string of the molecule is FC1(F)OC(Br)(Br)OC1(F)F. The predicted octanol–water partition coefficient (Wildman–Crippen LogP) is 2.62. The van der Waals surface area contributed by atoms with Gasteiger partial charge in [-0.05, 0) is 31.9 Å². The third kappa shape index (κ3) is 1.68. The van der Waals surface area contributed by atoms with E-state index in [1.807, 2.05) is 0 Å². The fourth-order valence-electron chi connectivity index (χ4n) is 0.438. The van der Waals surface area contributed by atoms with Gasteiger partial charge in [0.25, 0.3) is 3.61 Å². The third-order valence-corrected chi connectivity index (χ3v) is 1.48. The van der Waals surface area contributed by atoms with Crippen LogP contribution in [0, 0.1) is 0 Å². The lowest BCUT2D eigenvalue weighted by Crippen LogP contribution is -2.36. The van der Waals surface area contributed by atoms with E-state index < -0.39 is 15.8 Å². The molecule has 11 heavy (non-hydrogen) atoms. The largest absolute Gasteiger partial charge is 0.452 e. The van der Waals surface area contributed by atoms with E-state index in [4.69, 9.17) is 0 Å². The molecule has 1 fully saturated rings. The van der Waals surface area contributed by atoms with E-state index >= 15 is 0 Å². The van der Waals surface area contributed by atoms with Gasteiger partial charge in [0, 0.05) is 0 Å². The van der Waals surface area contributed by atoms with Crippen molar-refractivity contribution in [3.8, 4) is 0 Å². The molecule has 0 aromatic carbocycles. The molecule has 0 saturated carbocycles. The zero-order valence-electron chi connectivity index (χ0n) is 4.58. The standard InChI is InChI=1S/C3Br2F4O2/c4-3(5)10-1(6,7)2(8,9)11-3. The van der Waals surface area contributed by atoms with Gasteiger partial charge in [0.1, 0.15) is 0 Å². The fourth-order valence-corrected chi connectivity index (χ4v) is 1.25. The Morgan fingerprint density at radius 2 is 1.09 bits per heavy atom. The topological polar surface area (TPSA) is 18.5 Å². The van der Waals surface area contributed by atoms with Gasteiger partial charge in [-0.25, -0.2) is 0 Å². The number of hydrogen-bond acceptors (Lipinski definition) is 2. The maximum absolute atomic E-state index is 12.1. The third-order valence-electron chi connectivity index (χ3n) is 0.833. The quantitative estimate of drug-likeness (QED) is 0.506. The Morgan fingerprint density at radius 3 is 1.18 bits per heavy atom. The van der Waals surface area contributed by atoms with Gasteiger partial charge < -0.3 is 0 Å². The van der Waals surface area contributed by atoms with Crippen LogP contribution in [-0.4, -0.2) is 15.8 Å². The average molecular weight is 304 g/mol. The predicted molar refractivity (Wildman–Crippen MR) is 32.6 cm³/mol. The smallest absolute Gasteiger partial charge is 0.260 e. The van der Waals surface area contributed by atoms with Gasteiger partial charge in [0.05, 0.1) is 0 Å². The highest BCUT2D eigenvalue weighted by atomic mass is 79.9. The van der Waals surface area contributed by atoms with E-state index in [0.29, 0.717) is 0 Å². The van der Waals surface area contributed by atoms with E-state index in [1.165, 1.54) is 0 Å². The number of alkyl halides is 6. The number of hydrogen-bond donors (Lipinski definition) is 0. The highest BCUT2D eigenvalue weighted by molar-refractivity contribution is 9.25. The van der Waals surface area contributed by atoms with Crippen LogP contribution in [0.1, 0.15) is 0 Å². The molecule has 0 aromatic rings. The molecule has 1 aliphatic heterocycles. The lowest BCUT2D eigenvalue weighted by molar-refractivity contribution is -0.344. The normalized spacial score (nSPS) is 32.2. The van der Waals surface area contributed by atoms with E-state index in [-0.39, 0.29) is 0 Å². The Morgan fingerprint density at radius 1 is 0.818 bits per heavy atom. The molecular weight excluding hydrogens is 304 g/mol. The molecule has 0 N–H and O–H groups in total. The van der Waals surface area contributed by atoms with Crippen LogP contribution in [0.5, 0.6) is 0 Å². The first kappa shape index (κ1) is 9.69. The maximum atomic E-state index is 12.1. The van der Waals surface area contributed by atoms with Gasteiger partial charge >= 0.3 is 12.2 Å². The Labute approximate surface area is 75.1 Å². The first-order valence-corrected chi connectivity index (χ1v) is 3.79. The minimum atomic E-state index is -4.62. The molecule has 2 nitrogen and oxygen atoms in total. The van der Waals surface area contributed by atoms with Crippen LogP contribution in [-0.2, 0) is 9.47 Å². The van der Waals surface area contributed by atoms with Crippen molar-refractivity contribution >= 4 is 31.9 Å². The summed E-state index contributed by atoms with van der Waals surface area (Å²) in [5.74, 6) is 0. The average Bonchev–Trinajstić information content (AvgIpc) is 1.66. The summed E-state index contributed by atoms with van der Waals surface area (Å²) in [5, 5.41) is 0. The van der Waals surface area contributed by atoms with Crippen molar-refractivity contribution in [2.24, 2.45) is 0 Å². The van der Waals surface area contributed by atoms with Gasteiger partial charge in [-0.15, -0.1) is 0 Å². The van der Waals surface area contributed by atoms with Crippen molar-refractivity contribution in [2.45, 2.75) is 15.8 Å². The molecule has 66 valence electrons. The summed E-state index contributed by atoms with van der Waals surface area (Å²) in [4.78, 5) is 0. The highest BCUT2D eigenvalue weighted by Crippen LogP contribution is 2.53. The minimum absolute atomic E-state index is 2.31. The molecule has 0 aromatic heterocycles. The number of rotatable bonds is 0. The fraction of sp³-hybridized carbons (Fsp3) is 1.00. The van der Waals surface area contributed by atoms with Gasteiger partial charge in [-0.3, -0.25) is 9.47 Å². The van der Waals surface area contributed by atoms with Gasteiger partial charge in [0.2, 0.25) is 0 Å². The molecule has 0 spiro atoms. The molecule has 1 saturated heterocycles. The molecule has 0 unspecified atom stereocenters. The summed E-state index contributed by atoms with van der Waals surface area (Å²) in [5.41, 5.74) is 0. The summed E-state index contributed by atoms with van der Waals surface area (Å²) in [6.07, 6.45) is -9.25. The molecule has 1 rings (SSSR count). The van der Waals surface area contributed by atoms with Crippen molar-refractivity contribution in [3.63, 3.8) is 0 Å². The molecule has 1 aliphatic rings. The summed E-state index contributed by atoms with van der Waals surface area (Å²) >= 11 is 4.61. The Hall–Kier alpha value is 0.600. The van der Waals surface area contributed by atoms with E-state index in [1.54, 1.807) is 0 Å². The van der Waals surface area contributed by atoms with Crippen molar-refractivity contribution in [1.82, 2.24) is 0 Å². The second kappa shape index (κ2) is 2.30. The zero-order valence-corrected chi connectivity index (χ0v) is 7.76. The van der Waals surface area contributed by atoms with Crippen molar-refractivity contribution in [2.75, 3.05) is 0 Å². The van der Waals surface area contributed by atoms with Crippen LogP contribution < -0.4 is 0 Å². The molecule has 0 radical (unpaired) electrons. The molecule has 1 heterocycles. The van der Waals surface area contributed by atoms with E-state index in [2.05, 4.69) is 41.3 Å². The monoisotopic (exact) mass is 302 g/mol. The van der Waals surface area contributed by atoms with Crippen LogP contribution in [0.25, 0.3) is 0 Å². The van der Waals surface area contributed by atoms with Crippen LogP contribution in [0.15, 0.2) is 0 Å². The minimum Gasteiger partial charge on any atom is -0.260 e. The first-order valence-electron chi connectivity index (χ1n) is 2.20. The van der Waals surface area contributed by atoms with Crippen LogP contribution in [0.4, 0.5) is 17.6 Å². The molecular formula is C3Br2F4O2. The van der Waals surface area contributed by atoms with Crippen LogP contribution >= 0.6 is 31.9 Å². The summed E-state index contributed by atoms with van der Waals surface area (Å²) in [6, 6.07) is 0. The second-order valence-corrected chi connectivity index (χ2v) is 4.85. The number of halogens is 6. The summed E-state index contributed by atoms with van der Waals surface area (Å²) in [6.45, 7) is 0. The second-order valence-electron chi connectivity index (χ2n) is 1.70. The summed E-state index contributed by atoms with van der Waals surface area (Å²) in [7, 11) is 0. The van der Waals surface area contributed by atoms with Crippen molar-refractivity contribution in [1.29, 1.82) is 0 Å². The summed E-state index contributed by atoms with van der Waals surface area (Å²) < 4.78 is 52.9. The Balaban J connectivity index is 2.89. The van der Waals surface area contributed by atoms with Crippen molar-refractivity contribution < 1.29 is 27.0 Å². The maximum Gasteiger partial charge on any atom is 0.452 e. The van der Waals surface area contributed by atoms with Crippen LogP contribution in [0.2, 0.25) is 0 Å². The van der Waals surface area contributed by atoms with Crippen LogP contribution in [0.3, 0.4) is 0 Å². The lowest BCUT2D eigenvalue weighted by Gasteiger charge is -2.11. The van der Waals surface area contributed by atoms with Crippen molar-refractivity contribution in [3.05, 3.63) is 0 Å². The molecule has 0 amide bonds.